The minimum Gasteiger partial charge on any atom is -0.748 e. The first-order valence-electron chi connectivity index (χ1n) is 17.2. The molecule has 0 radical (unpaired) electrons. The number of carboxylic acids is 1. The van der Waals surface area contributed by atoms with Gasteiger partial charge in [-0.2, -0.15) is 0 Å². The number of nitrogens with one attached hydrogen (secondary N) is 3. The van der Waals surface area contributed by atoms with Gasteiger partial charge in [0.1, 0.15) is 0 Å². The van der Waals surface area contributed by atoms with Crippen molar-refractivity contribution < 1.29 is 62.4 Å². The first-order chi connectivity index (χ1) is 24.4. The molecule has 2 aliphatic heterocycles. The Bertz CT molecular complexity index is 2250. The van der Waals surface area contributed by atoms with E-state index in [-0.39, 0.29) is 79.9 Å². The van der Waals surface area contributed by atoms with Gasteiger partial charge in [-0.15, -0.1) is 0 Å². The molecule has 3 aromatic rings. The number of esters is 1. The van der Waals surface area contributed by atoms with E-state index in [0.29, 0.717) is 44.6 Å². The van der Waals surface area contributed by atoms with Crippen LogP contribution in [0.3, 0.4) is 0 Å². The first-order valence-corrected chi connectivity index (χ1v) is 18.8. The summed E-state index contributed by atoms with van der Waals surface area (Å²) >= 11 is 0. The minimum atomic E-state index is -4.63. The smallest absolute Gasteiger partial charge is 0.748 e. The standard InChI is InChI=1S/C37H45N5O9S.Pd/c1-8-22-17(2)25-16-30-33(21(6)43)19(4)27(40-30)14-26-18(3)23(9-10-31(44)45)35(41-26)24(13-32(46)51-7)36-34(37(47)38-11-12-52(48,49)50)20(5)28(42-36)15-29(22)39-25;/h14-18,22-23,40,42H,8-13H2,1-7H3,(H,38,47)(H,44,45)(H,48,49,50);/q;+2/p-2/t17-,18+,22-,23+;/m1./s1. The van der Waals surface area contributed by atoms with Crippen LogP contribution in [0.2, 0.25) is 0 Å². The molecule has 0 spiro atoms. The molecule has 16 heteroatoms. The molecule has 5 rings (SSSR count). The molecule has 0 aliphatic carbocycles. The van der Waals surface area contributed by atoms with Crippen molar-refractivity contribution in [3.05, 3.63) is 68.8 Å². The van der Waals surface area contributed by atoms with Crippen LogP contribution in [0.25, 0.3) is 22.1 Å². The van der Waals surface area contributed by atoms with E-state index in [0.717, 1.165) is 17.8 Å². The van der Waals surface area contributed by atoms with Gasteiger partial charge < -0.3 is 34.5 Å². The van der Waals surface area contributed by atoms with E-state index < -0.39 is 46.2 Å². The third kappa shape index (κ3) is 8.62. The van der Waals surface area contributed by atoms with Crippen LogP contribution >= 0.6 is 0 Å². The third-order valence-corrected chi connectivity index (χ3v) is 11.0. The molecule has 3 N–H and O–H groups in total. The fourth-order valence-electron chi connectivity index (χ4n) is 7.50. The number of hydrogen-bond donors (Lipinski definition) is 3. The Morgan fingerprint density at radius 1 is 0.906 bits per heavy atom. The van der Waals surface area contributed by atoms with E-state index in [1.54, 1.807) is 6.92 Å². The van der Waals surface area contributed by atoms with Gasteiger partial charge in [0, 0.05) is 75.4 Å². The molecule has 5 heterocycles. The second kappa shape index (κ2) is 16.4. The Morgan fingerprint density at radius 2 is 1.49 bits per heavy atom. The van der Waals surface area contributed by atoms with Crippen molar-refractivity contribution in [2.75, 3.05) is 19.4 Å². The number of fused-ring (bicyclic) bond motifs is 8. The number of H-pyrrole nitrogens is 2. The monoisotopic (exact) mass is 839 g/mol. The van der Waals surface area contributed by atoms with E-state index in [1.165, 1.54) is 14.0 Å². The zero-order chi connectivity index (χ0) is 38.2. The molecule has 14 nitrogen and oxygen atoms in total. The number of aromatic amines is 2. The Morgan fingerprint density at radius 3 is 2.09 bits per heavy atom. The molecule has 286 valence electrons. The number of nitrogens with zero attached hydrogens (tertiary/aromatic N) is 2. The van der Waals surface area contributed by atoms with Crippen molar-refractivity contribution in [2.24, 2.45) is 0 Å². The van der Waals surface area contributed by atoms with Crippen molar-refractivity contribution in [3.8, 4) is 0 Å². The van der Waals surface area contributed by atoms with Crippen LogP contribution < -0.4 is 10.4 Å². The number of rotatable bonds is 11. The number of methoxy groups -OCH3 is 1. The van der Waals surface area contributed by atoms with Gasteiger partial charge in [0.2, 0.25) is 0 Å². The van der Waals surface area contributed by atoms with Crippen molar-refractivity contribution in [1.29, 1.82) is 0 Å². The summed E-state index contributed by atoms with van der Waals surface area (Å²) in [5.74, 6) is -4.55. The van der Waals surface area contributed by atoms with Crippen LogP contribution in [0.15, 0.2) is 18.2 Å². The fraction of sp³-hybridized carbons (Fsp3) is 0.459. The first kappa shape index (κ1) is 41.5. The van der Waals surface area contributed by atoms with Crippen molar-refractivity contribution in [1.82, 2.24) is 25.3 Å². The molecule has 53 heavy (non-hydrogen) atoms. The number of aryl methyl sites for hydroxylation is 2. The van der Waals surface area contributed by atoms with E-state index in [9.17, 15) is 37.3 Å². The Kier molecular flexibility index (Phi) is 12.9. The van der Waals surface area contributed by atoms with E-state index >= 15 is 0 Å². The molecule has 0 saturated heterocycles. The molecule has 2 aliphatic rings. The van der Waals surface area contributed by atoms with Gasteiger partial charge in [-0.3, -0.25) is 24.4 Å². The maximum atomic E-state index is 13.9. The van der Waals surface area contributed by atoms with Gasteiger partial charge in [0.05, 0.1) is 51.7 Å². The van der Waals surface area contributed by atoms with Gasteiger partial charge >= 0.3 is 26.4 Å². The molecule has 0 unspecified atom stereocenters. The summed E-state index contributed by atoms with van der Waals surface area (Å²) in [6, 6.07) is 5.53. The van der Waals surface area contributed by atoms with Crippen molar-refractivity contribution >= 4 is 55.8 Å². The molecule has 8 bridgehead atoms. The normalized spacial score (nSPS) is 18.3. The van der Waals surface area contributed by atoms with Gasteiger partial charge in [-0.1, -0.05) is 20.8 Å². The molecule has 0 saturated carbocycles. The molecule has 0 aromatic carbocycles. The second-order valence-electron chi connectivity index (χ2n) is 13.6. The summed E-state index contributed by atoms with van der Waals surface area (Å²) in [5.41, 5.74) is 6.37. The van der Waals surface area contributed by atoms with Crippen LogP contribution in [-0.2, 0) is 51.3 Å². The predicted molar refractivity (Wildman–Crippen MR) is 190 cm³/mol. The largest absolute Gasteiger partial charge is 2.00 e. The zero-order valence-electron chi connectivity index (χ0n) is 30.6. The average molecular weight is 840 g/mol. The number of hydrogen-bond acceptors (Lipinski definition) is 11. The number of carboxylic acid groups (broad SMARTS) is 1. The van der Waals surface area contributed by atoms with Crippen molar-refractivity contribution in [3.63, 3.8) is 0 Å². The number of Topliss-reactive ketones (excluding diaryl/α,β-unsaturated/α-hetero) is 1. The van der Waals surface area contributed by atoms with Gasteiger partial charge in [-0.05, 0) is 69.4 Å². The number of aromatic nitrogens is 4. The van der Waals surface area contributed by atoms with Crippen LogP contribution in [0.1, 0.15) is 131 Å². The van der Waals surface area contributed by atoms with Gasteiger partial charge in [-0.25, -0.2) is 8.42 Å². The summed E-state index contributed by atoms with van der Waals surface area (Å²) in [5, 5.41) is 14.3. The zero-order valence-corrected chi connectivity index (χ0v) is 32.9. The van der Waals surface area contributed by atoms with E-state index in [2.05, 4.69) is 22.2 Å². The van der Waals surface area contributed by atoms with Crippen LogP contribution in [0.4, 0.5) is 0 Å². The number of amides is 1. The average Bonchev–Trinajstić information content (AvgIpc) is 3.74. The quantitative estimate of drug-likeness (QED) is 0.109. The summed E-state index contributed by atoms with van der Waals surface area (Å²) in [4.78, 5) is 68.5. The van der Waals surface area contributed by atoms with Gasteiger partial charge in [0.15, 0.2) is 5.78 Å². The number of carbonyl (C=O) groups excluding carboxylic acids is 4. The summed E-state index contributed by atoms with van der Waals surface area (Å²) in [6.07, 6.45) is 0.163. The number of ketones is 1. The van der Waals surface area contributed by atoms with Crippen LogP contribution in [0, 0.1) is 13.8 Å². The molecule has 0 fully saturated rings. The SMILES string of the molecule is CC[C@H]1c2cc3[nH]c(c(CC(=O)OC)c4nc(cc5[nH]c(cc(n2)[C@@H]1C)c(C(C)=O)c5C)[C@@H](C)[C@@H]4CCC(=O)[O-])c(C(=O)NCCS(=O)(=O)[O-])c3C.[Pd+2]. The maximum Gasteiger partial charge on any atom is 2.00 e. The molecule has 1 amide bonds. The minimum absolute atomic E-state index is 0. The molecular formula is C37H43N5O9PdS. The third-order valence-electron chi connectivity index (χ3n) is 10.3. The summed E-state index contributed by atoms with van der Waals surface area (Å²) in [6.45, 7) is 10.6. The van der Waals surface area contributed by atoms with E-state index in [1.807, 2.05) is 39.0 Å². The Labute approximate surface area is 321 Å². The second-order valence-corrected chi connectivity index (χ2v) is 15.1. The summed E-state index contributed by atoms with van der Waals surface area (Å²) in [7, 11) is -3.41. The Balaban J connectivity index is 0.00000627. The fourth-order valence-corrected chi connectivity index (χ4v) is 7.85. The number of ether oxygens (including phenoxy) is 1. The van der Waals surface area contributed by atoms with Gasteiger partial charge in [0.25, 0.3) is 5.91 Å². The predicted octanol–water partition coefficient (Wildman–Crippen LogP) is 3.84. The van der Waals surface area contributed by atoms with Crippen molar-refractivity contribution in [2.45, 2.75) is 90.9 Å². The molecule has 3 aromatic heterocycles. The number of aliphatic carboxylic acids is 1. The van der Waals surface area contributed by atoms with Crippen LogP contribution in [-0.4, -0.2) is 75.9 Å². The Hall–Kier alpha value is -4.23. The molecule has 4 atom stereocenters. The maximum absolute atomic E-state index is 13.9. The topological polar surface area (TPSA) is 227 Å². The number of carbonyl (C=O) groups is 4. The van der Waals surface area contributed by atoms with E-state index in [4.69, 9.17) is 14.7 Å². The molecular weight excluding hydrogens is 797 g/mol. The van der Waals surface area contributed by atoms with Crippen LogP contribution in [0.5, 0.6) is 0 Å². The summed E-state index contributed by atoms with van der Waals surface area (Å²) < 4.78 is 39.1.